The van der Waals surface area contributed by atoms with Crippen molar-refractivity contribution in [2.24, 2.45) is 0 Å². The molecule has 2 aromatic carbocycles. The maximum atomic E-state index is 13.1. The van der Waals surface area contributed by atoms with Gasteiger partial charge in [0.1, 0.15) is 12.4 Å². The minimum Gasteiger partial charge on any atom is -0.493 e. The largest absolute Gasteiger partial charge is 0.493 e. The predicted octanol–water partition coefficient (Wildman–Crippen LogP) is 4.96. The molecule has 0 heterocycles. The molecule has 0 fully saturated rings. The van der Waals surface area contributed by atoms with Crippen LogP contribution in [0.1, 0.15) is 11.1 Å². The van der Waals surface area contributed by atoms with Crippen molar-refractivity contribution in [1.29, 1.82) is 0 Å². The Labute approximate surface area is 130 Å². The Hall–Kier alpha value is -1.26. The van der Waals surface area contributed by atoms with Crippen molar-refractivity contribution in [1.82, 2.24) is 0 Å². The molecule has 106 valence electrons. The summed E-state index contributed by atoms with van der Waals surface area (Å²) in [4.78, 5) is 0. The molecule has 0 saturated carbocycles. The number of hydrogen-bond acceptors (Lipinski definition) is 2. The van der Waals surface area contributed by atoms with E-state index in [1.807, 2.05) is 0 Å². The molecule has 0 aliphatic rings. The van der Waals surface area contributed by atoms with Gasteiger partial charge in [-0.1, -0.05) is 39.7 Å². The Morgan fingerprint density at radius 3 is 2.70 bits per heavy atom. The lowest BCUT2D eigenvalue weighted by molar-refractivity contribution is 0.282. The molecule has 0 bridgehead atoms. The normalized spacial score (nSPS) is 10.4. The maximum Gasteiger partial charge on any atom is 0.165 e. The van der Waals surface area contributed by atoms with Crippen LogP contribution in [0.4, 0.5) is 4.39 Å². The molecule has 0 unspecified atom stereocenters. The van der Waals surface area contributed by atoms with Crippen LogP contribution in [0, 0.1) is 5.82 Å². The molecular weight excluding hydrogens is 347 g/mol. The molecule has 5 heteroatoms. The Morgan fingerprint density at radius 2 is 2.05 bits per heavy atom. The zero-order valence-corrected chi connectivity index (χ0v) is 13.2. The SMILES string of the molecule is COc1cc(Cl)cc(CBr)c1OCc1cccc(F)c1. The third kappa shape index (κ3) is 3.64. The third-order valence-electron chi connectivity index (χ3n) is 2.73. The predicted molar refractivity (Wildman–Crippen MR) is 81.4 cm³/mol. The van der Waals surface area contributed by atoms with Crippen LogP contribution in [0.15, 0.2) is 36.4 Å². The number of hydrogen-bond donors (Lipinski definition) is 0. The van der Waals surface area contributed by atoms with Gasteiger partial charge in [-0.05, 0) is 23.8 Å². The molecule has 0 atom stereocenters. The summed E-state index contributed by atoms with van der Waals surface area (Å²) in [5, 5.41) is 1.16. The van der Waals surface area contributed by atoms with Crippen molar-refractivity contribution < 1.29 is 13.9 Å². The van der Waals surface area contributed by atoms with E-state index in [4.69, 9.17) is 21.1 Å². The number of rotatable bonds is 5. The summed E-state index contributed by atoms with van der Waals surface area (Å²) in [5.74, 6) is 0.885. The summed E-state index contributed by atoms with van der Waals surface area (Å²) in [7, 11) is 1.55. The molecule has 0 aromatic heterocycles. The second-order valence-electron chi connectivity index (χ2n) is 4.15. The lowest BCUT2D eigenvalue weighted by Crippen LogP contribution is -2.01. The van der Waals surface area contributed by atoms with Gasteiger partial charge in [-0.2, -0.15) is 0 Å². The van der Waals surface area contributed by atoms with Gasteiger partial charge in [-0.25, -0.2) is 4.39 Å². The number of ether oxygens (including phenoxy) is 2. The lowest BCUT2D eigenvalue weighted by Gasteiger charge is -2.14. The van der Waals surface area contributed by atoms with E-state index < -0.39 is 0 Å². The van der Waals surface area contributed by atoms with Gasteiger partial charge in [0.15, 0.2) is 11.5 Å². The van der Waals surface area contributed by atoms with E-state index in [9.17, 15) is 4.39 Å². The molecular formula is C15H13BrClFO2. The second kappa shape index (κ2) is 6.95. The first kappa shape index (κ1) is 15.1. The van der Waals surface area contributed by atoms with Crippen LogP contribution in [-0.2, 0) is 11.9 Å². The molecule has 0 aliphatic carbocycles. The van der Waals surface area contributed by atoms with Crippen molar-refractivity contribution in [2.75, 3.05) is 7.11 Å². The fourth-order valence-electron chi connectivity index (χ4n) is 1.82. The van der Waals surface area contributed by atoms with Crippen LogP contribution in [0.5, 0.6) is 11.5 Å². The van der Waals surface area contributed by atoms with E-state index in [0.29, 0.717) is 21.9 Å². The van der Waals surface area contributed by atoms with E-state index >= 15 is 0 Å². The fraction of sp³-hybridized carbons (Fsp3) is 0.200. The van der Waals surface area contributed by atoms with Gasteiger partial charge in [0.25, 0.3) is 0 Å². The molecule has 20 heavy (non-hydrogen) atoms. The average molecular weight is 360 g/mol. The molecule has 2 nitrogen and oxygen atoms in total. The number of benzene rings is 2. The van der Waals surface area contributed by atoms with Crippen molar-refractivity contribution in [3.05, 3.63) is 58.4 Å². The van der Waals surface area contributed by atoms with Crippen molar-refractivity contribution >= 4 is 27.5 Å². The smallest absolute Gasteiger partial charge is 0.165 e. The Morgan fingerprint density at radius 1 is 1.25 bits per heavy atom. The van der Waals surface area contributed by atoms with E-state index in [-0.39, 0.29) is 12.4 Å². The summed E-state index contributed by atoms with van der Waals surface area (Å²) in [6.07, 6.45) is 0. The van der Waals surface area contributed by atoms with Crippen LogP contribution in [0.3, 0.4) is 0 Å². The molecule has 0 saturated heterocycles. The summed E-state index contributed by atoms with van der Waals surface area (Å²) in [5.41, 5.74) is 1.63. The quantitative estimate of drug-likeness (QED) is 0.702. The van der Waals surface area contributed by atoms with Crippen LogP contribution in [0.25, 0.3) is 0 Å². The minimum atomic E-state index is -0.283. The van der Waals surface area contributed by atoms with Crippen molar-refractivity contribution in [3.63, 3.8) is 0 Å². The number of methoxy groups -OCH3 is 1. The number of halogens is 3. The molecule has 0 radical (unpaired) electrons. The van der Waals surface area contributed by atoms with Crippen LogP contribution < -0.4 is 9.47 Å². The Bertz CT molecular complexity index is 579. The average Bonchev–Trinajstić information content (AvgIpc) is 2.45. The molecule has 2 aromatic rings. The van der Waals surface area contributed by atoms with E-state index in [1.54, 1.807) is 31.4 Å². The summed E-state index contributed by atoms with van der Waals surface area (Å²) >= 11 is 9.40. The van der Waals surface area contributed by atoms with Crippen molar-refractivity contribution in [3.8, 4) is 11.5 Å². The first-order valence-corrected chi connectivity index (χ1v) is 7.43. The minimum absolute atomic E-state index is 0.260. The topological polar surface area (TPSA) is 18.5 Å². The monoisotopic (exact) mass is 358 g/mol. The van der Waals surface area contributed by atoms with E-state index in [2.05, 4.69) is 15.9 Å². The highest BCUT2D eigenvalue weighted by Crippen LogP contribution is 2.36. The van der Waals surface area contributed by atoms with Gasteiger partial charge in [-0.3, -0.25) is 0 Å². The highest BCUT2D eigenvalue weighted by Gasteiger charge is 2.12. The zero-order chi connectivity index (χ0) is 14.5. The molecule has 0 spiro atoms. The lowest BCUT2D eigenvalue weighted by atomic mass is 10.2. The standard InChI is InChI=1S/C15H13BrClFO2/c1-19-14-7-12(17)6-11(8-16)15(14)20-9-10-3-2-4-13(18)5-10/h2-7H,8-9H2,1H3. The summed E-state index contributed by atoms with van der Waals surface area (Å²) in [6.45, 7) is 0.260. The highest BCUT2D eigenvalue weighted by molar-refractivity contribution is 9.08. The molecule has 0 amide bonds. The van der Waals surface area contributed by atoms with Gasteiger partial charge in [0.2, 0.25) is 0 Å². The van der Waals surface area contributed by atoms with Gasteiger partial charge < -0.3 is 9.47 Å². The summed E-state index contributed by atoms with van der Waals surface area (Å²) < 4.78 is 24.2. The molecule has 0 aliphatic heterocycles. The summed E-state index contributed by atoms with van der Waals surface area (Å²) in [6, 6.07) is 9.79. The third-order valence-corrected chi connectivity index (χ3v) is 3.55. The second-order valence-corrected chi connectivity index (χ2v) is 5.15. The van der Waals surface area contributed by atoms with Crippen LogP contribution in [-0.4, -0.2) is 7.11 Å². The molecule has 2 rings (SSSR count). The van der Waals surface area contributed by atoms with E-state index in [0.717, 1.165) is 11.1 Å². The van der Waals surface area contributed by atoms with Gasteiger partial charge in [-0.15, -0.1) is 0 Å². The Kier molecular flexibility index (Phi) is 5.26. The van der Waals surface area contributed by atoms with Crippen LogP contribution >= 0.6 is 27.5 Å². The van der Waals surface area contributed by atoms with Gasteiger partial charge in [0.05, 0.1) is 7.11 Å². The van der Waals surface area contributed by atoms with Gasteiger partial charge >= 0.3 is 0 Å². The molecule has 0 N–H and O–H groups in total. The first-order chi connectivity index (χ1) is 9.63. The highest BCUT2D eigenvalue weighted by atomic mass is 79.9. The van der Waals surface area contributed by atoms with E-state index in [1.165, 1.54) is 12.1 Å². The first-order valence-electron chi connectivity index (χ1n) is 5.93. The number of alkyl halides is 1. The zero-order valence-electron chi connectivity index (χ0n) is 10.8. The van der Waals surface area contributed by atoms with Crippen molar-refractivity contribution in [2.45, 2.75) is 11.9 Å². The Balaban J connectivity index is 2.24. The fourth-order valence-corrected chi connectivity index (χ4v) is 2.47. The van der Waals surface area contributed by atoms with Crippen LogP contribution in [0.2, 0.25) is 5.02 Å². The van der Waals surface area contributed by atoms with Gasteiger partial charge in [0, 0.05) is 22.0 Å². The maximum absolute atomic E-state index is 13.1.